The summed E-state index contributed by atoms with van der Waals surface area (Å²) in [4.78, 5) is 0. The fraction of sp³-hybridized carbons (Fsp3) is 0. The topological polar surface area (TPSA) is 26.0 Å². The molecule has 4 heteroatoms. The monoisotopic (exact) mass is 267 g/mol. The van der Waals surface area contributed by atoms with E-state index in [9.17, 15) is 4.39 Å². The molecule has 0 aromatic heterocycles. The summed E-state index contributed by atoms with van der Waals surface area (Å²) < 4.78 is 14.0. The fourth-order valence-corrected chi connectivity index (χ4v) is 1.21. The Labute approximate surface area is 74.7 Å². The highest BCUT2D eigenvalue weighted by Crippen LogP contribution is 2.26. The van der Waals surface area contributed by atoms with E-state index >= 15 is 0 Å². The molecule has 10 heavy (non-hydrogen) atoms. The van der Waals surface area contributed by atoms with E-state index in [0.29, 0.717) is 4.47 Å². The summed E-state index contributed by atoms with van der Waals surface area (Å²) in [6.07, 6.45) is 0. The van der Waals surface area contributed by atoms with Gasteiger partial charge in [0.25, 0.3) is 0 Å². The summed E-state index contributed by atoms with van der Waals surface area (Å²) in [5, 5.41) is 0. The lowest BCUT2D eigenvalue weighted by Gasteiger charge is -1.98. The summed E-state index contributed by atoms with van der Waals surface area (Å²) in [5.74, 6) is -0.407. The third-order valence-electron chi connectivity index (χ3n) is 1.04. The van der Waals surface area contributed by atoms with Crippen molar-refractivity contribution in [3.63, 3.8) is 0 Å². The van der Waals surface area contributed by atoms with Crippen molar-refractivity contribution in [2.45, 2.75) is 0 Å². The van der Waals surface area contributed by atoms with Gasteiger partial charge in [-0.15, -0.1) is 0 Å². The van der Waals surface area contributed by atoms with Gasteiger partial charge in [0.1, 0.15) is 5.82 Å². The van der Waals surface area contributed by atoms with Crippen LogP contribution in [0.25, 0.3) is 0 Å². The molecular weight excluding hydrogens is 265 g/mol. The van der Waals surface area contributed by atoms with Crippen LogP contribution in [0.4, 0.5) is 10.1 Å². The van der Waals surface area contributed by atoms with E-state index in [1.165, 1.54) is 12.1 Å². The van der Waals surface area contributed by atoms with Crippen LogP contribution in [-0.2, 0) is 0 Å². The number of anilines is 1. The average Bonchev–Trinajstić information content (AvgIpc) is 1.84. The smallest absolute Gasteiger partial charge is 0.147 e. The van der Waals surface area contributed by atoms with Crippen molar-refractivity contribution in [1.82, 2.24) is 0 Å². The van der Waals surface area contributed by atoms with E-state index in [2.05, 4.69) is 31.9 Å². The van der Waals surface area contributed by atoms with Crippen molar-refractivity contribution in [3.8, 4) is 0 Å². The third kappa shape index (κ3) is 1.49. The molecule has 0 aliphatic rings. The highest BCUT2D eigenvalue weighted by Gasteiger charge is 2.01. The lowest BCUT2D eigenvalue weighted by atomic mass is 10.3. The van der Waals surface area contributed by atoms with E-state index in [1.807, 2.05) is 0 Å². The molecule has 0 aliphatic carbocycles. The molecule has 1 rings (SSSR count). The Morgan fingerprint density at radius 2 is 1.70 bits per heavy atom. The molecule has 0 aliphatic heterocycles. The molecule has 1 aromatic rings. The first-order chi connectivity index (χ1) is 4.61. The summed E-state index contributed by atoms with van der Waals surface area (Å²) >= 11 is 6.32. The van der Waals surface area contributed by atoms with Crippen molar-refractivity contribution < 1.29 is 4.39 Å². The molecule has 0 atom stereocenters. The van der Waals surface area contributed by atoms with E-state index in [-0.39, 0.29) is 5.69 Å². The zero-order valence-electron chi connectivity index (χ0n) is 4.87. The summed E-state index contributed by atoms with van der Waals surface area (Å²) in [6, 6.07) is 2.83. The highest BCUT2D eigenvalue weighted by atomic mass is 79.9. The van der Waals surface area contributed by atoms with Gasteiger partial charge in [-0.3, -0.25) is 0 Å². The molecule has 0 amide bonds. The molecule has 0 saturated carbocycles. The quantitative estimate of drug-likeness (QED) is 0.568. The zero-order chi connectivity index (χ0) is 7.72. The van der Waals surface area contributed by atoms with Gasteiger partial charge >= 0.3 is 0 Å². The molecular formula is C6H4Br2FN. The average molecular weight is 269 g/mol. The van der Waals surface area contributed by atoms with Crippen LogP contribution in [0.3, 0.4) is 0 Å². The van der Waals surface area contributed by atoms with Crippen LogP contribution in [0.15, 0.2) is 21.1 Å². The Bertz CT molecular complexity index is 212. The molecule has 0 fully saturated rings. The number of halogens is 3. The fourth-order valence-electron chi connectivity index (χ4n) is 0.538. The van der Waals surface area contributed by atoms with Crippen molar-refractivity contribution in [2.24, 2.45) is 0 Å². The second-order valence-electron chi connectivity index (χ2n) is 1.79. The van der Waals surface area contributed by atoms with Crippen LogP contribution in [0, 0.1) is 5.82 Å². The summed E-state index contributed by atoms with van der Waals surface area (Å²) in [6.45, 7) is 0. The molecule has 54 valence electrons. The highest BCUT2D eigenvalue weighted by molar-refractivity contribution is 9.13. The number of rotatable bonds is 0. The van der Waals surface area contributed by atoms with Gasteiger partial charge in [0.05, 0.1) is 5.69 Å². The molecule has 1 aromatic carbocycles. The van der Waals surface area contributed by atoms with Crippen LogP contribution >= 0.6 is 31.9 Å². The Hall–Kier alpha value is -0.0900. The van der Waals surface area contributed by atoms with E-state index in [1.54, 1.807) is 0 Å². The zero-order valence-corrected chi connectivity index (χ0v) is 8.04. The van der Waals surface area contributed by atoms with Gasteiger partial charge in [0.15, 0.2) is 0 Å². The van der Waals surface area contributed by atoms with Crippen molar-refractivity contribution >= 4 is 37.5 Å². The maximum absolute atomic E-state index is 12.6. The first kappa shape index (κ1) is 8.01. The normalized spacial score (nSPS) is 9.90. The minimum Gasteiger partial charge on any atom is -0.396 e. The van der Waals surface area contributed by atoms with Crippen molar-refractivity contribution in [1.29, 1.82) is 0 Å². The standard InChI is InChI=1S/C6H4Br2FN/c7-3-1-5(9)6(10)2-4(3)8/h1-2H,10H2. The molecule has 0 unspecified atom stereocenters. The van der Waals surface area contributed by atoms with Gasteiger partial charge < -0.3 is 5.73 Å². The van der Waals surface area contributed by atoms with Crippen LogP contribution in [-0.4, -0.2) is 0 Å². The maximum atomic E-state index is 12.6. The van der Waals surface area contributed by atoms with E-state index in [0.717, 1.165) is 4.47 Å². The van der Waals surface area contributed by atoms with Gasteiger partial charge in [0.2, 0.25) is 0 Å². The molecule has 2 N–H and O–H groups in total. The Morgan fingerprint density at radius 1 is 1.20 bits per heavy atom. The lowest BCUT2D eigenvalue weighted by molar-refractivity contribution is 0.631. The second kappa shape index (κ2) is 2.88. The lowest BCUT2D eigenvalue weighted by Crippen LogP contribution is -1.89. The Kier molecular flexibility index (Phi) is 2.31. The minimum atomic E-state index is -0.407. The van der Waals surface area contributed by atoms with Crippen LogP contribution < -0.4 is 5.73 Å². The maximum Gasteiger partial charge on any atom is 0.147 e. The van der Waals surface area contributed by atoms with Gasteiger partial charge in [-0.2, -0.15) is 0 Å². The summed E-state index contributed by atoms with van der Waals surface area (Å²) in [7, 11) is 0. The third-order valence-corrected chi connectivity index (χ3v) is 2.88. The first-order valence-corrected chi connectivity index (χ1v) is 4.10. The van der Waals surface area contributed by atoms with Gasteiger partial charge in [-0.05, 0) is 44.0 Å². The van der Waals surface area contributed by atoms with Crippen molar-refractivity contribution in [3.05, 3.63) is 26.9 Å². The molecule has 0 saturated heterocycles. The molecule has 0 spiro atoms. The predicted octanol–water partition coefficient (Wildman–Crippen LogP) is 2.93. The number of benzene rings is 1. The number of hydrogen-bond acceptors (Lipinski definition) is 1. The van der Waals surface area contributed by atoms with Crippen LogP contribution in [0.1, 0.15) is 0 Å². The Balaban J connectivity index is 3.28. The van der Waals surface area contributed by atoms with E-state index < -0.39 is 5.82 Å². The molecule has 0 radical (unpaired) electrons. The number of nitrogens with two attached hydrogens (primary N) is 1. The largest absolute Gasteiger partial charge is 0.396 e. The second-order valence-corrected chi connectivity index (χ2v) is 3.50. The Morgan fingerprint density at radius 3 is 2.20 bits per heavy atom. The minimum absolute atomic E-state index is 0.148. The van der Waals surface area contributed by atoms with Crippen LogP contribution in [0.2, 0.25) is 0 Å². The van der Waals surface area contributed by atoms with Crippen molar-refractivity contribution in [2.75, 3.05) is 5.73 Å². The number of nitrogen functional groups attached to an aromatic ring is 1. The van der Waals surface area contributed by atoms with Gasteiger partial charge in [0, 0.05) is 8.95 Å². The molecule has 0 heterocycles. The predicted molar refractivity (Wildman–Crippen MR) is 46.2 cm³/mol. The number of hydrogen-bond donors (Lipinski definition) is 1. The van der Waals surface area contributed by atoms with Gasteiger partial charge in [-0.25, -0.2) is 4.39 Å². The first-order valence-electron chi connectivity index (χ1n) is 2.51. The van der Waals surface area contributed by atoms with E-state index in [4.69, 9.17) is 5.73 Å². The summed E-state index contributed by atoms with van der Waals surface area (Å²) in [5.41, 5.74) is 5.41. The molecule has 0 bridgehead atoms. The van der Waals surface area contributed by atoms with Crippen LogP contribution in [0.5, 0.6) is 0 Å². The molecule has 1 nitrogen and oxygen atoms in total. The SMILES string of the molecule is Nc1cc(Br)c(Br)cc1F. The van der Waals surface area contributed by atoms with Gasteiger partial charge in [-0.1, -0.05) is 0 Å².